The van der Waals surface area contributed by atoms with Gasteiger partial charge in [-0.3, -0.25) is 20.0 Å². The van der Waals surface area contributed by atoms with Crippen molar-refractivity contribution in [3.05, 3.63) is 92.0 Å². The maximum atomic E-state index is 13.3. The van der Waals surface area contributed by atoms with Crippen LogP contribution in [0.1, 0.15) is 27.0 Å². The number of nitrogens with one attached hydrogen (secondary N) is 2. The summed E-state index contributed by atoms with van der Waals surface area (Å²) >= 11 is 1.45. The number of H-pyrrole nitrogens is 1. The number of non-ortho nitro benzene ring substituents is 1. The number of hydrogen-bond donors (Lipinski definition) is 2. The Balaban J connectivity index is 1.70. The molecule has 0 radical (unpaired) electrons. The number of aromatic nitrogens is 2. The Morgan fingerprint density at radius 3 is 2.68 bits per heavy atom. The predicted molar refractivity (Wildman–Crippen MR) is 103 cm³/mol. The average molecular weight is 396 g/mol. The topological polar surface area (TPSA) is 101 Å². The fraction of sp³-hybridized carbons (Fsp3) is 0.0526. The lowest BCUT2D eigenvalue weighted by Gasteiger charge is -2.17. The molecule has 0 bridgehead atoms. The first kappa shape index (κ1) is 17.8. The van der Waals surface area contributed by atoms with E-state index in [0.29, 0.717) is 16.5 Å². The third kappa shape index (κ3) is 3.35. The number of thiophene rings is 1. The second-order valence-electron chi connectivity index (χ2n) is 6.03. The predicted octanol–water partition coefficient (Wildman–Crippen LogP) is 4.19. The van der Waals surface area contributed by atoms with E-state index < -0.39 is 16.9 Å². The van der Waals surface area contributed by atoms with Crippen molar-refractivity contribution in [3.63, 3.8) is 0 Å². The summed E-state index contributed by atoms with van der Waals surface area (Å²) in [6.07, 6.45) is 0. The van der Waals surface area contributed by atoms with E-state index in [1.807, 2.05) is 17.5 Å². The summed E-state index contributed by atoms with van der Waals surface area (Å²) in [4.78, 5) is 24.3. The number of carbonyl (C=O) groups excluding carboxylic acids is 1. The largest absolute Gasteiger partial charge is 0.339 e. The molecule has 9 heteroatoms. The lowest BCUT2D eigenvalue weighted by Crippen LogP contribution is -2.29. The lowest BCUT2D eigenvalue weighted by atomic mass is 10.0. The Morgan fingerprint density at radius 2 is 2.00 bits per heavy atom. The number of benzene rings is 2. The molecule has 0 unspecified atom stereocenters. The fourth-order valence-corrected chi connectivity index (χ4v) is 3.72. The molecule has 0 fully saturated rings. The Kier molecular flexibility index (Phi) is 4.58. The molecule has 0 aliphatic rings. The molecule has 0 saturated heterocycles. The second-order valence-corrected chi connectivity index (χ2v) is 7.01. The minimum Gasteiger partial charge on any atom is -0.339 e. The van der Waals surface area contributed by atoms with Gasteiger partial charge in [-0.15, -0.1) is 11.3 Å². The lowest BCUT2D eigenvalue weighted by molar-refractivity contribution is -0.384. The second kappa shape index (κ2) is 7.20. The van der Waals surface area contributed by atoms with Crippen molar-refractivity contribution in [1.29, 1.82) is 0 Å². The number of rotatable bonds is 5. The van der Waals surface area contributed by atoms with Crippen molar-refractivity contribution in [3.8, 4) is 0 Å². The maximum Gasteiger partial charge on any atom is 0.273 e. The Hall–Kier alpha value is -3.59. The highest BCUT2D eigenvalue weighted by atomic mass is 32.1. The van der Waals surface area contributed by atoms with Crippen LogP contribution in [0, 0.1) is 15.9 Å². The van der Waals surface area contributed by atoms with Crippen LogP contribution in [-0.2, 0) is 0 Å². The van der Waals surface area contributed by atoms with Gasteiger partial charge in [-0.05, 0) is 35.2 Å². The molecule has 28 heavy (non-hydrogen) atoms. The highest BCUT2D eigenvalue weighted by Crippen LogP contribution is 2.28. The Morgan fingerprint density at radius 1 is 1.21 bits per heavy atom. The minimum atomic E-state index is -0.527. The van der Waals surface area contributed by atoms with E-state index in [2.05, 4.69) is 15.5 Å². The molecule has 0 aliphatic carbocycles. The highest BCUT2D eigenvalue weighted by molar-refractivity contribution is 7.10. The number of nitro groups is 1. The van der Waals surface area contributed by atoms with Crippen LogP contribution in [-0.4, -0.2) is 21.0 Å². The molecule has 1 amide bonds. The van der Waals surface area contributed by atoms with Gasteiger partial charge in [0.2, 0.25) is 0 Å². The molecule has 2 N–H and O–H groups in total. The van der Waals surface area contributed by atoms with Gasteiger partial charge >= 0.3 is 0 Å². The number of hydrogen-bond acceptors (Lipinski definition) is 5. The van der Waals surface area contributed by atoms with E-state index in [-0.39, 0.29) is 17.2 Å². The van der Waals surface area contributed by atoms with Crippen LogP contribution in [0.4, 0.5) is 10.1 Å². The quantitative estimate of drug-likeness (QED) is 0.390. The van der Waals surface area contributed by atoms with Gasteiger partial charge in [-0.2, -0.15) is 5.10 Å². The number of nitro benzene ring substituents is 1. The van der Waals surface area contributed by atoms with Crippen LogP contribution in [0.5, 0.6) is 0 Å². The summed E-state index contributed by atoms with van der Waals surface area (Å²) in [5.74, 6) is -0.861. The molecule has 2 aromatic carbocycles. The zero-order valence-corrected chi connectivity index (χ0v) is 15.1. The SMILES string of the molecule is O=C(N[C@@H](c1ccc(F)cc1)c1cccs1)c1n[nH]c2ccc([N+](=O)[O-])cc12. The van der Waals surface area contributed by atoms with Gasteiger partial charge in [0.25, 0.3) is 11.6 Å². The summed E-state index contributed by atoms with van der Waals surface area (Å²) in [5, 5.41) is 22.9. The zero-order chi connectivity index (χ0) is 19.7. The van der Waals surface area contributed by atoms with E-state index in [4.69, 9.17) is 0 Å². The molecular weight excluding hydrogens is 383 g/mol. The summed E-state index contributed by atoms with van der Waals surface area (Å²) in [7, 11) is 0. The number of nitrogens with zero attached hydrogens (tertiary/aromatic N) is 2. The molecule has 0 spiro atoms. The summed E-state index contributed by atoms with van der Waals surface area (Å²) in [6.45, 7) is 0. The molecular formula is C19H13FN4O3S. The van der Waals surface area contributed by atoms with Crippen molar-refractivity contribution >= 4 is 33.8 Å². The third-order valence-corrected chi connectivity index (χ3v) is 5.22. The Bertz CT molecular complexity index is 1160. The highest BCUT2D eigenvalue weighted by Gasteiger charge is 2.23. The molecule has 0 saturated carbocycles. The van der Waals surface area contributed by atoms with Gasteiger partial charge in [-0.25, -0.2) is 4.39 Å². The summed E-state index contributed by atoms with van der Waals surface area (Å²) in [6, 6.07) is 13.3. The zero-order valence-electron chi connectivity index (χ0n) is 14.3. The van der Waals surface area contributed by atoms with Gasteiger partial charge in [0.15, 0.2) is 5.69 Å². The van der Waals surface area contributed by atoms with Gasteiger partial charge in [0, 0.05) is 22.4 Å². The maximum absolute atomic E-state index is 13.3. The van der Waals surface area contributed by atoms with E-state index in [0.717, 1.165) is 4.88 Å². The average Bonchev–Trinajstić information content (AvgIpc) is 3.36. The number of carbonyl (C=O) groups is 1. The first-order chi connectivity index (χ1) is 13.5. The number of amides is 1. The standard InChI is InChI=1S/C19H13FN4O3S/c20-12-5-3-11(4-6-12)17(16-2-1-9-28-16)21-19(25)18-14-10-13(24(26)27)7-8-15(14)22-23-18/h1-10,17H,(H,21,25)(H,22,23)/t17-/m0/s1. The first-order valence-electron chi connectivity index (χ1n) is 8.25. The smallest absolute Gasteiger partial charge is 0.273 e. The van der Waals surface area contributed by atoms with Crippen molar-refractivity contribution in [2.45, 2.75) is 6.04 Å². The van der Waals surface area contributed by atoms with Crippen molar-refractivity contribution in [2.24, 2.45) is 0 Å². The molecule has 7 nitrogen and oxygen atoms in total. The molecule has 1 atom stereocenters. The third-order valence-electron chi connectivity index (χ3n) is 4.28. The number of aromatic amines is 1. The summed E-state index contributed by atoms with van der Waals surface area (Å²) in [5.41, 5.74) is 1.16. The fourth-order valence-electron chi connectivity index (χ4n) is 2.92. The van der Waals surface area contributed by atoms with Gasteiger partial charge in [-0.1, -0.05) is 18.2 Å². The molecule has 4 rings (SSSR count). The van der Waals surface area contributed by atoms with Crippen LogP contribution in [0.25, 0.3) is 10.9 Å². The van der Waals surface area contributed by atoms with E-state index >= 15 is 0 Å². The van der Waals surface area contributed by atoms with Gasteiger partial charge < -0.3 is 5.32 Å². The molecule has 2 heterocycles. The van der Waals surface area contributed by atoms with Crippen molar-refractivity contribution in [1.82, 2.24) is 15.5 Å². The summed E-state index contributed by atoms with van der Waals surface area (Å²) < 4.78 is 13.3. The van der Waals surface area contributed by atoms with Crippen molar-refractivity contribution < 1.29 is 14.1 Å². The Labute approximate surface area is 162 Å². The van der Waals surface area contributed by atoms with Gasteiger partial charge in [0.1, 0.15) is 5.82 Å². The molecule has 140 valence electrons. The van der Waals surface area contributed by atoms with Crippen LogP contribution in [0.2, 0.25) is 0 Å². The van der Waals surface area contributed by atoms with Crippen LogP contribution >= 0.6 is 11.3 Å². The number of halogens is 1. The van der Waals surface area contributed by atoms with E-state index in [1.54, 1.807) is 12.1 Å². The molecule has 0 aliphatic heterocycles. The normalized spacial score (nSPS) is 12.0. The molecule has 4 aromatic rings. The first-order valence-corrected chi connectivity index (χ1v) is 9.13. The van der Waals surface area contributed by atoms with Crippen molar-refractivity contribution in [2.75, 3.05) is 0 Å². The van der Waals surface area contributed by atoms with Crippen LogP contribution < -0.4 is 5.32 Å². The van der Waals surface area contributed by atoms with E-state index in [9.17, 15) is 19.3 Å². The van der Waals surface area contributed by atoms with Crippen LogP contribution in [0.15, 0.2) is 60.0 Å². The molecule has 2 aromatic heterocycles. The van der Waals surface area contributed by atoms with E-state index in [1.165, 1.54) is 41.7 Å². The monoisotopic (exact) mass is 396 g/mol. The number of fused-ring (bicyclic) bond motifs is 1. The minimum absolute atomic E-state index is 0.0577. The van der Waals surface area contributed by atoms with Gasteiger partial charge in [0.05, 0.1) is 16.5 Å². The van der Waals surface area contributed by atoms with Crippen LogP contribution in [0.3, 0.4) is 0 Å².